The van der Waals surface area contributed by atoms with Crippen LogP contribution in [0.3, 0.4) is 0 Å². The number of rotatable bonds is 7. The van der Waals surface area contributed by atoms with E-state index in [1.54, 1.807) is 25.3 Å². The number of hydrogen-bond donors (Lipinski definition) is 1. The predicted molar refractivity (Wildman–Crippen MR) is 111 cm³/mol. The van der Waals surface area contributed by atoms with Crippen LogP contribution >= 0.6 is 0 Å². The van der Waals surface area contributed by atoms with Crippen LogP contribution in [0.4, 0.5) is 5.69 Å². The van der Waals surface area contributed by atoms with E-state index < -0.39 is 0 Å². The summed E-state index contributed by atoms with van der Waals surface area (Å²) in [5.74, 6) is 0.864. The normalized spacial score (nSPS) is 15.5. The molecule has 0 bridgehead atoms. The molecule has 3 rings (SSSR count). The fourth-order valence-electron chi connectivity index (χ4n) is 3.82. The average molecular weight is 377 g/mol. The van der Waals surface area contributed by atoms with Crippen molar-refractivity contribution in [2.75, 3.05) is 32.1 Å². The summed E-state index contributed by atoms with van der Waals surface area (Å²) in [6.45, 7) is 4.26. The largest absolute Gasteiger partial charge is 0.496 e. The van der Waals surface area contributed by atoms with Gasteiger partial charge < -0.3 is 10.1 Å². The predicted octanol–water partition coefficient (Wildman–Crippen LogP) is 4.41. The summed E-state index contributed by atoms with van der Waals surface area (Å²) in [4.78, 5) is 14.2. The minimum atomic E-state index is -0.00940. The lowest BCUT2D eigenvalue weighted by Gasteiger charge is -2.35. The molecule has 1 aliphatic heterocycles. The van der Waals surface area contributed by atoms with Crippen LogP contribution in [0.25, 0.3) is 0 Å². The van der Waals surface area contributed by atoms with Crippen LogP contribution in [0.15, 0.2) is 42.5 Å². The maximum Gasteiger partial charge on any atom is 0.159 e. The van der Waals surface area contributed by atoms with E-state index in [1.807, 2.05) is 18.2 Å². The van der Waals surface area contributed by atoms with E-state index >= 15 is 0 Å². The number of ether oxygens (including phenoxy) is 1. The zero-order valence-electron chi connectivity index (χ0n) is 16.6. The molecule has 28 heavy (non-hydrogen) atoms. The summed E-state index contributed by atoms with van der Waals surface area (Å²) >= 11 is 0. The second-order valence-electron chi connectivity index (χ2n) is 7.16. The van der Waals surface area contributed by atoms with Crippen LogP contribution < -0.4 is 10.1 Å². The number of piperidine rings is 1. The monoisotopic (exact) mass is 377 g/mol. The fraction of sp³-hybridized carbons (Fsp3) is 0.391. The number of methoxy groups -OCH3 is 1. The molecule has 1 atom stereocenters. The van der Waals surface area contributed by atoms with Gasteiger partial charge in [-0.1, -0.05) is 24.6 Å². The Bertz CT molecular complexity index is 866. The first-order valence-electron chi connectivity index (χ1n) is 9.80. The molecule has 0 aromatic heterocycles. The van der Waals surface area contributed by atoms with Crippen molar-refractivity contribution in [2.24, 2.45) is 0 Å². The Hall–Kier alpha value is -2.84. The van der Waals surface area contributed by atoms with E-state index in [-0.39, 0.29) is 11.8 Å². The number of carbonyl (C=O) groups excluding carboxylic acids is 1. The zero-order chi connectivity index (χ0) is 19.9. The number of anilines is 1. The smallest absolute Gasteiger partial charge is 0.159 e. The van der Waals surface area contributed by atoms with E-state index in [2.05, 4.69) is 22.4 Å². The van der Waals surface area contributed by atoms with Crippen molar-refractivity contribution in [2.45, 2.75) is 32.2 Å². The van der Waals surface area contributed by atoms with Crippen LogP contribution in [-0.2, 0) is 0 Å². The van der Waals surface area contributed by atoms with Crippen LogP contribution in [0.5, 0.6) is 5.75 Å². The van der Waals surface area contributed by atoms with Crippen molar-refractivity contribution in [1.29, 1.82) is 5.26 Å². The minimum Gasteiger partial charge on any atom is -0.496 e. The summed E-state index contributed by atoms with van der Waals surface area (Å²) in [5, 5.41) is 12.9. The molecular weight excluding hydrogens is 350 g/mol. The number of benzene rings is 2. The Kier molecular flexibility index (Phi) is 6.67. The number of nitriles is 1. The quantitative estimate of drug-likeness (QED) is 0.724. The van der Waals surface area contributed by atoms with Crippen LogP contribution in [0, 0.1) is 11.3 Å². The highest BCUT2D eigenvalue weighted by Gasteiger charge is 2.25. The maximum atomic E-state index is 11.8. The highest BCUT2D eigenvalue weighted by atomic mass is 16.5. The molecule has 5 nitrogen and oxygen atoms in total. The van der Waals surface area contributed by atoms with Gasteiger partial charge in [-0.3, -0.25) is 9.69 Å². The van der Waals surface area contributed by atoms with Crippen LogP contribution in [0.1, 0.15) is 53.7 Å². The van der Waals surface area contributed by atoms with Gasteiger partial charge in [-0.2, -0.15) is 5.26 Å². The molecule has 5 heteroatoms. The molecule has 1 heterocycles. The molecule has 1 N–H and O–H groups in total. The summed E-state index contributed by atoms with van der Waals surface area (Å²) in [6, 6.07) is 15.6. The molecular formula is C23H27N3O2. The average Bonchev–Trinajstić information content (AvgIpc) is 2.74. The molecule has 0 saturated carbocycles. The topological polar surface area (TPSA) is 65.4 Å². The Morgan fingerprint density at radius 2 is 1.96 bits per heavy atom. The second kappa shape index (κ2) is 9.38. The highest BCUT2D eigenvalue weighted by Crippen LogP contribution is 2.32. The van der Waals surface area contributed by atoms with Crippen molar-refractivity contribution in [3.05, 3.63) is 59.2 Å². The number of ketones is 1. The van der Waals surface area contributed by atoms with Crippen molar-refractivity contribution < 1.29 is 9.53 Å². The fourth-order valence-corrected chi connectivity index (χ4v) is 3.82. The van der Waals surface area contributed by atoms with Gasteiger partial charge in [-0.05, 0) is 57.1 Å². The van der Waals surface area contributed by atoms with Crippen LogP contribution in [0.2, 0.25) is 0 Å². The van der Waals surface area contributed by atoms with Crippen molar-refractivity contribution in [1.82, 2.24) is 4.90 Å². The number of para-hydroxylation sites is 1. The Labute approximate surface area is 166 Å². The van der Waals surface area contributed by atoms with Gasteiger partial charge in [0.05, 0.1) is 24.4 Å². The number of carbonyl (C=O) groups is 1. The molecule has 1 unspecified atom stereocenters. The molecule has 0 amide bonds. The minimum absolute atomic E-state index is 0.00940. The van der Waals surface area contributed by atoms with E-state index in [0.29, 0.717) is 23.4 Å². The molecule has 146 valence electrons. The van der Waals surface area contributed by atoms with Gasteiger partial charge in [0, 0.05) is 17.7 Å². The van der Waals surface area contributed by atoms with E-state index in [0.717, 1.165) is 24.4 Å². The van der Waals surface area contributed by atoms with Crippen molar-refractivity contribution in [3.63, 3.8) is 0 Å². The summed E-state index contributed by atoms with van der Waals surface area (Å²) in [5.41, 5.74) is 2.99. The molecule has 2 aromatic carbocycles. The summed E-state index contributed by atoms with van der Waals surface area (Å²) in [7, 11) is 1.70. The van der Waals surface area contributed by atoms with Gasteiger partial charge in [0.25, 0.3) is 0 Å². The lowest BCUT2D eigenvalue weighted by atomic mass is 10.00. The Morgan fingerprint density at radius 1 is 1.21 bits per heavy atom. The number of hydrogen-bond acceptors (Lipinski definition) is 5. The van der Waals surface area contributed by atoms with E-state index in [4.69, 9.17) is 4.74 Å². The van der Waals surface area contributed by atoms with Gasteiger partial charge in [0.2, 0.25) is 0 Å². The number of nitrogens with zero attached hydrogens (tertiary/aromatic N) is 2. The van der Waals surface area contributed by atoms with Crippen molar-refractivity contribution in [3.8, 4) is 11.8 Å². The lowest BCUT2D eigenvalue weighted by Crippen LogP contribution is -2.37. The first-order valence-corrected chi connectivity index (χ1v) is 9.80. The van der Waals surface area contributed by atoms with Gasteiger partial charge in [0.15, 0.2) is 5.78 Å². The second-order valence-corrected chi connectivity index (χ2v) is 7.16. The van der Waals surface area contributed by atoms with Gasteiger partial charge in [-0.25, -0.2) is 0 Å². The van der Waals surface area contributed by atoms with Crippen LogP contribution in [-0.4, -0.2) is 37.4 Å². The third-order valence-electron chi connectivity index (χ3n) is 5.36. The van der Waals surface area contributed by atoms with E-state index in [1.165, 1.54) is 26.2 Å². The van der Waals surface area contributed by atoms with E-state index in [9.17, 15) is 10.1 Å². The Balaban J connectivity index is 1.89. The summed E-state index contributed by atoms with van der Waals surface area (Å²) < 4.78 is 5.61. The molecule has 1 aliphatic rings. The number of likely N-dealkylation sites (tertiary alicyclic amines) is 1. The van der Waals surface area contributed by atoms with Gasteiger partial charge in [-0.15, -0.1) is 0 Å². The summed E-state index contributed by atoms with van der Waals surface area (Å²) in [6.07, 6.45) is 3.64. The standard InChI is InChI=1S/C23H27N3O2/c1-17(27)18-10-11-19(15-24)21(14-18)25-16-22(26-12-6-3-7-13-26)20-8-4-5-9-23(20)28-2/h4-5,8-11,14,22,25H,3,6-7,12-13,16H2,1-2H3. The van der Waals surface area contributed by atoms with Gasteiger partial charge in [0.1, 0.15) is 11.8 Å². The molecule has 0 spiro atoms. The first kappa shape index (κ1) is 19.9. The molecule has 0 radical (unpaired) electrons. The number of nitrogens with one attached hydrogen (secondary N) is 1. The van der Waals surface area contributed by atoms with Gasteiger partial charge >= 0.3 is 0 Å². The molecule has 1 saturated heterocycles. The zero-order valence-corrected chi connectivity index (χ0v) is 16.6. The first-order chi connectivity index (χ1) is 13.6. The molecule has 0 aliphatic carbocycles. The van der Waals surface area contributed by atoms with Crippen molar-refractivity contribution >= 4 is 11.5 Å². The third kappa shape index (κ3) is 4.52. The maximum absolute atomic E-state index is 11.8. The molecule has 2 aromatic rings. The Morgan fingerprint density at radius 3 is 2.64 bits per heavy atom. The number of Topliss-reactive ketones (excluding diaryl/α,β-unsaturated/α-hetero) is 1. The highest BCUT2D eigenvalue weighted by molar-refractivity contribution is 5.95. The molecule has 1 fully saturated rings. The SMILES string of the molecule is COc1ccccc1C(CNc1cc(C(C)=O)ccc1C#N)N1CCCCC1. The lowest BCUT2D eigenvalue weighted by molar-refractivity contribution is 0.101. The third-order valence-corrected chi connectivity index (χ3v) is 5.36.